The number of hydrogen-bond acceptors (Lipinski definition) is 4. The maximum absolute atomic E-state index is 12.2. The first-order valence-corrected chi connectivity index (χ1v) is 5.95. The van der Waals surface area contributed by atoms with Crippen molar-refractivity contribution in [1.29, 1.82) is 0 Å². The van der Waals surface area contributed by atoms with E-state index in [1.165, 1.54) is 31.5 Å². The summed E-state index contributed by atoms with van der Waals surface area (Å²) in [5, 5.41) is 2.58. The zero-order valence-corrected chi connectivity index (χ0v) is 11.0. The highest BCUT2D eigenvalue weighted by atomic mass is 19.3. The Bertz CT molecular complexity index is 621. The molecule has 5 nitrogen and oxygen atoms in total. The summed E-state index contributed by atoms with van der Waals surface area (Å²) in [5.74, 6) is -0.143. The van der Waals surface area contributed by atoms with Gasteiger partial charge in [-0.15, -0.1) is 0 Å². The number of pyridine rings is 1. The van der Waals surface area contributed by atoms with E-state index in [0.29, 0.717) is 5.82 Å². The number of anilines is 1. The van der Waals surface area contributed by atoms with Crippen molar-refractivity contribution in [2.45, 2.75) is 6.61 Å². The minimum absolute atomic E-state index is 0.0453. The number of nitrogens with zero attached hydrogens (tertiary/aromatic N) is 1. The highest BCUT2D eigenvalue weighted by Gasteiger charge is 2.14. The predicted octanol–water partition coefficient (Wildman–Crippen LogP) is 2.94. The Kier molecular flexibility index (Phi) is 4.65. The van der Waals surface area contributed by atoms with E-state index in [-0.39, 0.29) is 17.1 Å². The van der Waals surface area contributed by atoms with Gasteiger partial charge in [0.25, 0.3) is 5.91 Å². The van der Waals surface area contributed by atoms with Crippen molar-refractivity contribution in [3.8, 4) is 11.5 Å². The van der Waals surface area contributed by atoms with E-state index in [0.717, 1.165) is 0 Å². The maximum atomic E-state index is 12.2. The molecule has 0 fully saturated rings. The van der Waals surface area contributed by atoms with Crippen LogP contribution in [0.2, 0.25) is 0 Å². The average Bonchev–Trinajstić information content (AvgIpc) is 2.48. The Hall–Kier alpha value is -2.70. The number of methoxy groups -OCH3 is 1. The molecule has 2 rings (SSSR count). The summed E-state index contributed by atoms with van der Waals surface area (Å²) in [6.45, 7) is -2.97. The van der Waals surface area contributed by atoms with Crippen LogP contribution in [0.5, 0.6) is 11.5 Å². The Morgan fingerprint density at radius 2 is 2.05 bits per heavy atom. The summed E-state index contributed by atoms with van der Waals surface area (Å²) < 4.78 is 33.7. The normalized spacial score (nSPS) is 10.3. The molecule has 0 aliphatic heterocycles. The fourth-order valence-electron chi connectivity index (χ4n) is 1.63. The Labute approximate surface area is 119 Å². The number of ether oxygens (including phenoxy) is 2. The molecule has 1 N–H and O–H groups in total. The quantitative estimate of drug-likeness (QED) is 0.921. The first-order valence-electron chi connectivity index (χ1n) is 5.95. The van der Waals surface area contributed by atoms with Crippen molar-refractivity contribution in [2.75, 3.05) is 12.4 Å². The molecule has 2 aromatic rings. The molecule has 0 aliphatic carbocycles. The van der Waals surface area contributed by atoms with Crippen molar-refractivity contribution in [3.63, 3.8) is 0 Å². The van der Waals surface area contributed by atoms with Crippen LogP contribution in [0.1, 0.15) is 10.4 Å². The van der Waals surface area contributed by atoms with Crippen LogP contribution in [-0.2, 0) is 0 Å². The van der Waals surface area contributed by atoms with Crippen LogP contribution >= 0.6 is 0 Å². The SMILES string of the molecule is COc1cc(C(=O)Nc2ccccn2)ccc1OC(F)F. The lowest BCUT2D eigenvalue weighted by atomic mass is 10.2. The van der Waals surface area contributed by atoms with Crippen LogP contribution in [0.15, 0.2) is 42.6 Å². The fraction of sp³-hybridized carbons (Fsp3) is 0.143. The molecule has 21 heavy (non-hydrogen) atoms. The van der Waals surface area contributed by atoms with Crippen LogP contribution in [0.3, 0.4) is 0 Å². The van der Waals surface area contributed by atoms with Crippen LogP contribution < -0.4 is 14.8 Å². The molecule has 1 aromatic heterocycles. The van der Waals surface area contributed by atoms with Gasteiger partial charge in [0.15, 0.2) is 11.5 Å². The standard InChI is InChI=1S/C14H12F2N2O3/c1-20-11-8-9(5-6-10(11)21-14(15)16)13(19)18-12-4-2-3-7-17-12/h2-8,14H,1H3,(H,17,18,19). The van der Waals surface area contributed by atoms with Gasteiger partial charge in [-0.2, -0.15) is 8.78 Å². The average molecular weight is 294 g/mol. The van der Waals surface area contributed by atoms with Gasteiger partial charge in [-0.3, -0.25) is 4.79 Å². The van der Waals surface area contributed by atoms with Crippen LogP contribution in [-0.4, -0.2) is 24.6 Å². The van der Waals surface area contributed by atoms with Gasteiger partial charge in [-0.25, -0.2) is 4.98 Å². The largest absolute Gasteiger partial charge is 0.493 e. The molecule has 0 atom stereocenters. The van der Waals surface area contributed by atoms with E-state index in [1.54, 1.807) is 18.2 Å². The van der Waals surface area contributed by atoms with Crippen LogP contribution in [0.4, 0.5) is 14.6 Å². The number of rotatable bonds is 5. The topological polar surface area (TPSA) is 60.5 Å². The zero-order chi connectivity index (χ0) is 15.2. The molecule has 110 valence electrons. The number of carbonyl (C=O) groups is 1. The number of halogens is 2. The van der Waals surface area contributed by atoms with Gasteiger partial charge >= 0.3 is 6.61 Å². The van der Waals surface area contributed by atoms with E-state index >= 15 is 0 Å². The number of carbonyl (C=O) groups excluding carboxylic acids is 1. The van der Waals surface area contributed by atoms with E-state index in [2.05, 4.69) is 15.0 Å². The summed E-state index contributed by atoms with van der Waals surface area (Å²) in [6.07, 6.45) is 1.54. The van der Waals surface area contributed by atoms with Gasteiger partial charge in [0.2, 0.25) is 0 Å². The monoisotopic (exact) mass is 294 g/mol. The van der Waals surface area contributed by atoms with Crippen LogP contribution in [0, 0.1) is 0 Å². The summed E-state index contributed by atoms with van der Waals surface area (Å²) in [6, 6.07) is 8.99. The molecule has 0 bridgehead atoms. The lowest BCUT2D eigenvalue weighted by Crippen LogP contribution is -2.13. The highest BCUT2D eigenvalue weighted by Crippen LogP contribution is 2.29. The summed E-state index contributed by atoms with van der Waals surface area (Å²) in [5.41, 5.74) is 0.235. The predicted molar refractivity (Wildman–Crippen MR) is 71.8 cm³/mol. The minimum atomic E-state index is -2.97. The second kappa shape index (κ2) is 6.65. The molecule has 1 aromatic carbocycles. The Balaban J connectivity index is 2.18. The molecule has 0 radical (unpaired) electrons. The summed E-state index contributed by atoms with van der Waals surface area (Å²) in [7, 11) is 1.30. The fourth-order valence-corrected chi connectivity index (χ4v) is 1.63. The second-order valence-corrected chi connectivity index (χ2v) is 3.91. The Morgan fingerprint density at radius 1 is 1.24 bits per heavy atom. The van der Waals surface area contributed by atoms with Crippen LogP contribution in [0.25, 0.3) is 0 Å². The number of aromatic nitrogens is 1. The third-order valence-corrected chi connectivity index (χ3v) is 2.55. The summed E-state index contributed by atoms with van der Waals surface area (Å²) in [4.78, 5) is 16.0. The number of nitrogens with one attached hydrogen (secondary N) is 1. The zero-order valence-electron chi connectivity index (χ0n) is 11.0. The smallest absolute Gasteiger partial charge is 0.387 e. The lowest BCUT2D eigenvalue weighted by molar-refractivity contribution is -0.0512. The molecular weight excluding hydrogens is 282 g/mol. The van der Waals surface area contributed by atoms with E-state index in [9.17, 15) is 13.6 Å². The highest BCUT2D eigenvalue weighted by molar-refractivity contribution is 6.04. The third kappa shape index (κ3) is 3.88. The van der Waals surface area contributed by atoms with Gasteiger partial charge in [0, 0.05) is 11.8 Å². The van der Waals surface area contributed by atoms with Gasteiger partial charge in [-0.05, 0) is 30.3 Å². The number of alkyl halides is 2. The first-order chi connectivity index (χ1) is 10.1. The van der Waals surface area contributed by atoms with Gasteiger partial charge in [-0.1, -0.05) is 6.07 Å². The molecule has 0 unspecified atom stereocenters. The minimum Gasteiger partial charge on any atom is -0.493 e. The third-order valence-electron chi connectivity index (χ3n) is 2.55. The molecule has 0 saturated heterocycles. The second-order valence-electron chi connectivity index (χ2n) is 3.91. The molecule has 7 heteroatoms. The van der Waals surface area contributed by atoms with Crippen molar-refractivity contribution in [3.05, 3.63) is 48.2 Å². The van der Waals surface area contributed by atoms with E-state index < -0.39 is 12.5 Å². The van der Waals surface area contributed by atoms with Gasteiger partial charge in [0.05, 0.1) is 7.11 Å². The van der Waals surface area contributed by atoms with Crippen molar-refractivity contribution in [2.24, 2.45) is 0 Å². The number of hydrogen-bond donors (Lipinski definition) is 1. The molecule has 0 aliphatic rings. The molecule has 0 spiro atoms. The van der Waals surface area contributed by atoms with Crippen molar-refractivity contribution < 1.29 is 23.0 Å². The maximum Gasteiger partial charge on any atom is 0.387 e. The summed E-state index contributed by atoms with van der Waals surface area (Å²) >= 11 is 0. The van der Waals surface area contributed by atoms with Crippen molar-refractivity contribution >= 4 is 11.7 Å². The van der Waals surface area contributed by atoms with Gasteiger partial charge in [0.1, 0.15) is 5.82 Å². The van der Waals surface area contributed by atoms with Crippen molar-refractivity contribution in [1.82, 2.24) is 4.98 Å². The molecule has 1 heterocycles. The lowest BCUT2D eigenvalue weighted by Gasteiger charge is -2.11. The number of amides is 1. The van der Waals surface area contributed by atoms with E-state index in [1.807, 2.05) is 0 Å². The molecular formula is C14H12F2N2O3. The molecule has 1 amide bonds. The Morgan fingerprint density at radius 3 is 2.67 bits per heavy atom. The first kappa shape index (κ1) is 14.7. The number of benzene rings is 1. The van der Waals surface area contributed by atoms with Gasteiger partial charge < -0.3 is 14.8 Å². The molecule has 0 saturated carbocycles. The van der Waals surface area contributed by atoms with E-state index in [4.69, 9.17) is 4.74 Å².